The van der Waals surface area contributed by atoms with E-state index in [1.807, 2.05) is 24.3 Å². The summed E-state index contributed by atoms with van der Waals surface area (Å²) < 4.78 is 16.6. The molecule has 1 aliphatic rings. The lowest BCUT2D eigenvalue weighted by Gasteiger charge is -2.31. The summed E-state index contributed by atoms with van der Waals surface area (Å²) >= 11 is 0. The van der Waals surface area contributed by atoms with E-state index in [0.29, 0.717) is 23.7 Å². The molecule has 32 heavy (non-hydrogen) atoms. The number of fused-ring (bicyclic) bond motifs is 1. The summed E-state index contributed by atoms with van der Waals surface area (Å²) in [5.74, 6) is 2.43. The Bertz CT molecular complexity index is 1060. The molecule has 0 atom stereocenters. The molecule has 1 aliphatic heterocycles. The Labute approximate surface area is 189 Å². The maximum absolute atomic E-state index is 12.9. The van der Waals surface area contributed by atoms with Crippen molar-refractivity contribution in [3.63, 3.8) is 0 Å². The molecule has 0 radical (unpaired) electrons. The highest BCUT2D eigenvalue weighted by Crippen LogP contribution is 2.30. The number of hydrogen-bond donors (Lipinski definition) is 0. The van der Waals surface area contributed by atoms with Crippen molar-refractivity contribution < 1.29 is 19.0 Å². The number of Topliss-reactive ketones (excluding diaryl/α,β-unsaturated/α-hetero) is 1. The lowest BCUT2D eigenvalue weighted by Crippen LogP contribution is -2.37. The number of likely N-dealkylation sites (tertiary alicyclic amines) is 1. The molecule has 0 saturated carbocycles. The fourth-order valence-electron chi connectivity index (χ4n) is 4.38. The Morgan fingerprint density at radius 3 is 2.41 bits per heavy atom. The number of methoxy groups -OCH3 is 2. The molecule has 3 aromatic rings. The van der Waals surface area contributed by atoms with Crippen molar-refractivity contribution in [2.75, 3.05) is 40.5 Å². The van der Waals surface area contributed by atoms with E-state index in [-0.39, 0.29) is 11.7 Å². The zero-order valence-electron chi connectivity index (χ0n) is 18.9. The summed E-state index contributed by atoms with van der Waals surface area (Å²) in [4.78, 5) is 15.4. The molecule has 3 aromatic carbocycles. The van der Waals surface area contributed by atoms with Crippen molar-refractivity contribution in [3.8, 4) is 17.2 Å². The smallest absolute Gasteiger partial charge is 0.166 e. The number of ketones is 1. The topological polar surface area (TPSA) is 48.0 Å². The molecule has 0 N–H and O–H groups in total. The molecule has 1 heterocycles. The van der Waals surface area contributed by atoms with Crippen LogP contribution in [0, 0.1) is 5.92 Å². The van der Waals surface area contributed by atoms with E-state index in [4.69, 9.17) is 14.2 Å². The van der Waals surface area contributed by atoms with Gasteiger partial charge in [-0.2, -0.15) is 0 Å². The van der Waals surface area contributed by atoms with E-state index in [1.165, 1.54) is 10.8 Å². The van der Waals surface area contributed by atoms with E-state index in [2.05, 4.69) is 29.2 Å². The standard InChI is InChI=1S/C27H31NO4/c1-30-25-11-9-23(19-26(25)31-2)27(29)21-12-15-28(16-13-21)14-5-17-32-24-10-8-20-6-3-4-7-22(20)18-24/h3-4,6-11,18-19,21H,5,12-17H2,1-2H3. The highest BCUT2D eigenvalue weighted by atomic mass is 16.5. The van der Waals surface area contributed by atoms with Gasteiger partial charge >= 0.3 is 0 Å². The first kappa shape index (κ1) is 22.2. The monoisotopic (exact) mass is 433 g/mol. The van der Waals surface area contributed by atoms with E-state index >= 15 is 0 Å². The van der Waals surface area contributed by atoms with Gasteiger partial charge in [-0.1, -0.05) is 30.3 Å². The summed E-state index contributed by atoms with van der Waals surface area (Å²) in [6.07, 6.45) is 2.75. The Morgan fingerprint density at radius 1 is 0.906 bits per heavy atom. The van der Waals surface area contributed by atoms with Crippen molar-refractivity contribution >= 4 is 16.6 Å². The molecule has 0 spiro atoms. The molecule has 1 saturated heterocycles. The predicted molar refractivity (Wildman–Crippen MR) is 127 cm³/mol. The molecular formula is C27H31NO4. The third-order valence-corrected chi connectivity index (χ3v) is 6.23. The zero-order valence-corrected chi connectivity index (χ0v) is 18.9. The van der Waals surface area contributed by atoms with E-state index in [1.54, 1.807) is 26.4 Å². The molecule has 0 amide bonds. The molecule has 0 bridgehead atoms. The molecule has 1 fully saturated rings. The van der Waals surface area contributed by atoms with Crippen LogP contribution in [-0.4, -0.2) is 51.1 Å². The van der Waals surface area contributed by atoms with Gasteiger partial charge in [0.05, 0.1) is 20.8 Å². The van der Waals surface area contributed by atoms with Crippen LogP contribution in [0.15, 0.2) is 60.7 Å². The number of ether oxygens (including phenoxy) is 3. The van der Waals surface area contributed by atoms with Gasteiger partial charge < -0.3 is 19.1 Å². The molecular weight excluding hydrogens is 402 g/mol. The number of carbonyl (C=O) groups excluding carboxylic acids is 1. The van der Waals surface area contributed by atoms with Crippen LogP contribution in [0.25, 0.3) is 10.8 Å². The average molecular weight is 434 g/mol. The van der Waals surface area contributed by atoms with Crippen LogP contribution in [0.5, 0.6) is 17.2 Å². The molecule has 4 rings (SSSR count). The second-order valence-corrected chi connectivity index (χ2v) is 8.26. The Morgan fingerprint density at radius 2 is 1.66 bits per heavy atom. The number of benzene rings is 3. The molecule has 168 valence electrons. The van der Waals surface area contributed by atoms with Gasteiger partial charge in [0.15, 0.2) is 17.3 Å². The first-order chi connectivity index (χ1) is 15.7. The van der Waals surface area contributed by atoms with E-state index in [9.17, 15) is 4.79 Å². The minimum absolute atomic E-state index is 0.0678. The summed E-state index contributed by atoms with van der Waals surface area (Å²) in [5.41, 5.74) is 0.699. The lowest BCUT2D eigenvalue weighted by molar-refractivity contribution is 0.0835. The fourth-order valence-corrected chi connectivity index (χ4v) is 4.38. The normalized spacial score (nSPS) is 14.9. The van der Waals surface area contributed by atoms with Gasteiger partial charge in [0.2, 0.25) is 0 Å². The second kappa shape index (κ2) is 10.5. The Balaban J connectivity index is 1.21. The quantitative estimate of drug-likeness (QED) is 0.342. The van der Waals surface area contributed by atoms with Gasteiger partial charge in [-0.25, -0.2) is 0 Å². The maximum atomic E-state index is 12.9. The van der Waals surface area contributed by atoms with Crippen LogP contribution in [0.3, 0.4) is 0 Å². The summed E-state index contributed by atoms with van der Waals surface area (Å²) in [6, 6.07) is 20.0. The SMILES string of the molecule is COc1ccc(C(=O)C2CCN(CCCOc3ccc4ccccc4c3)CC2)cc1OC. The fraction of sp³-hybridized carbons (Fsp3) is 0.370. The molecule has 5 heteroatoms. The molecule has 5 nitrogen and oxygen atoms in total. The third-order valence-electron chi connectivity index (χ3n) is 6.23. The largest absolute Gasteiger partial charge is 0.494 e. The highest BCUT2D eigenvalue weighted by Gasteiger charge is 2.26. The third kappa shape index (κ3) is 5.22. The highest BCUT2D eigenvalue weighted by molar-refractivity contribution is 5.98. The van der Waals surface area contributed by atoms with Gasteiger partial charge in [0.25, 0.3) is 0 Å². The van der Waals surface area contributed by atoms with E-state index in [0.717, 1.165) is 44.6 Å². The van der Waals surface area contributed by atoms with Gasteiger partial charge in [0, 0.05) is 18.0 Å². The van der Waals surface area contributed by atoms with Crippen LogP contribution >= 0.6 is 0 Å². The van der Waals surface area contributed by atoms with Crippen LogP contribution < -0.4 is 14.2 Å². The summed E-state index contributed by atoms with van der Waals surface area (Å²) in [7, 11) is 3.19. The Hall–Kier alpha value is -3.05. The van der Waals surface area contributed by atoms with Crippen molar-refractivity contribution in [1.82, 2.24) is 4.90 Å². The number of nitrogens with zero attached hydrogens (tertiary/aromatic N) is 1. The van der Waals surface area contributed by atoms with Crippen molar-refractivity contribution in [2.24, 2.45) is 5.92 Å². The van der Waals surface area contributed by atoms with Gasteiger partial charge in [0.1, 0.15) is 5.75 Å². The lowest BCUT2D eigenvalue weighted by atomic mass is 9.88. The zero-order chi connectivity index (χ0) is 22.3. The van der Waals surface area contributed by atoms with Crippen molar-refractivity contribution in [3.05, 3.63) is 66.2 Å². The minimum Gasteiger partial charge on any atom is -0.494 e. The number of rotatable bonds is 9. The summed E-state index contributed by atoms with van der Waals surface area (Å²) in [5, 5.41) is 2.43. The van der Waals surface area contributed by atoms with Gasteiger partial charge in [-0.05, 0) is 73.5 Å². The van der Waals surface area contributed by atoms with Gasteiger partial charge in [-0.15, -0.1) is 0 Å². The van der Waals surface area contributed by atoms with Crippen LogP contribution in [-0.2, 0) is 0 Å². The molecule has 0 unspecified atom stereocenters. The van der Waals surface area contributed by atoms with E-state index < -0.39 is 0 Å². The molecule has 0 aliphatic carbocycles. The maximum Gasteiger partial charge on any atom is 0.166 e. The first-order valence-electron chi connectivity index (χ1n) is 11.3. The molecule has 0 aromatic heterocycles. The first-order valence-corrected chi connectivity index (χ1v) is 11.3. The van der Waals surface area contributed by atoms with Gasteiger partial charge in [-0.3, -0.25) is 4.79 Å². The number of piperidine rings is 1. The van der Waals surface area contributed by atoms with Crippen molar-refractivity contribution in [1.29, 1.82) is 0 Å². The van der Waals surface area contributed by atoms with Crippen LogP contribution in [0.2, 0.25) is 0 Å². The second-order valence-electron chi connectivity index (χ2n) is 8.26. The number of hydrogen-bond acceptors (Lipinski definition) is 5. The van der Waals surface area contributed by atoms with Crippen molar-refractivity contribution in [2.45, 2.75) is 19.3 Å². The van der Waals surface area contributed by atoms with Crippen LogP contribution in [0.4, 0.5) is 0 Å². The van der Waals surface area contributed by atoms with Crippen LogP contribution in [0.1, 0.15) is 29.6 Å². The number of carbonyl (C=O) groups is 1. The Kier molecular flexibility index (Phi) is 7.28. The average Bonchev–Trinajstić information content (AvgIpc) is 2.86. The predicted octanol–water partition coefficient (Wildman–Crippen LogP) is 5.22. The summed E-state index contributed by atoms with van der Waals surface area (Å²) in [6.45, 7) is 3.58. The minimum atomic E-state index is 0.0678.